The van der Waals surface area contributed by atoms with E-state index < -0.39 is 29.1 Å². The molecule has 0 aliphatic rings. The number of hydrogen-bond acceptors (Lipinski definition) is 6. The second-order valence-electron chi connectivity index (χ2n) is 6.84. The van der Waals surface area contributed by atoms with Crippen LogP contribution in [0.25, 0.3) is 11.0 Å². The van der Waals surface area contributed by atoms with Crippen molar-refractivity contribution in [2.45, 2.75) is 20.0 Å². The Kier molecular flexibility index (Phi) is 6.57. The van der Waals surface area contributed by atoms with Crippen LogP contribution in [0, 0.1) is 0 Å². The van der Waals surface area contributed by atoms with Crippen molar-refractivity contribution in [3.63, 3.8) is 0 Å². The summed E-state index contributed by atoms with van der Waals surface area (Å²) in [6, 6.07) is 9.07. The van der Waals surface area contributed by atoms with Gasteiger partial charge >= 0.3 is 12.1 Å². The summed E-state index contributed by atoms with van der Waals surface area (Å²) in [7, 11) is 0. The van der Waals surface area contributed by atoms with Crippen LogP contribution in [0.5, 0.6) is 17.2 Å². The third kappa shape index (κ3) is 5.11. The van der Waals surface area contributed by atoms with E-state index in [4.69, 9.17) is 18.6 Å². The van der Waals surface area contributed by atoms with E-state index in [1.807, 2.05) is 0 Å². The first-order chi connectivity index (χ1) is 15.1. The highest BCUT2D eigenvalue weighted by molar-refractivity contribution is 5.89. The lowest BCUT2D eigenvalue weighted by atomic mass is 10.2. The fourth-order valence-corrected chi connectivity index (χ4v) is 2.72. The van der Waals surface area contributed by atoms with Crippen molar-refractivity contribution >= 4 is 16.9 Å². The minimum Gasteiger partial charge on any atom is -0.489 e. The molecule has 3 aromatic rings. The Hall–Kier alpha value is -3.75. The van der Waals surface area contributed by atoms with Gasteiger partial charge in [-0.1, -0.05) is 6.58 Å². The second-order valence-corrected chi connectivity index (χ2v) is 6.84. The van der Waals surface area contributed by atoms with Crippen LogP contribution < -0.4 is 14.9 Å². The predicted molar refractivity (Wildman–Crippen MR) is 110 cm³/mol. The Bertz CT molecular complexity index is 1210. The van der Waals surface area contributed by atoms with Crippen LogP contribution in [0.3, 0.4) is 0 Å². The largest absolute Gasteiger partial charge is 0.489 e. The van der Waals surface area contributed by atoms with Crippen molar-refractivity contribution in [1.82, 2.24) is 0 Å². The van der Waals surface area contributed by atoms with Crippen LogP contribution in [0.1, 0.15) is 30.0 Å². The van der Waals surface area contributed by atoms with Gasteiger partial charge < -0.3 is 18.6 Å². The van der Waals surface area contributed by atoms with E-state index in [-0.39, 0.29) is 41.2 Å². The summed E-state index contributed by atoms with van der Waals surface area (Å²) in [5, 5.41) is -0.112. The molecule has 0 radical (unpaired) electrons. The van der Waals surface area contributed by atoms with Crippen molar-refractivity contribution in [1.29, 1.82) is 0 Å². The lowest BCUT2D eigenvalue weighted by molar-refractivity contribution is -0.154. The number of carbonyl (C=O) groups is 1. The van der Waals surface area contributed by atoms with Crippen LogP contribution in [0.4, 0.5) is 13.2 Å². The molecule has 0 aliphatic heterocycles. The lowest BCUT2D eigenvalue weighted by Gasteiger charge is -2.14. The highest BCUT2D eigenvalue weighted by atomic mass is 19.4. The number of ether oxygens (including phenoxy) is 3. The van der Waals surface area contributed by atoms with Gasteiger partial charge in [-0.05, 0) is 55.8 Å². The number of hydrogen-bond donors (Lipinski definition) is 0. The number of halogens is 3. The van der Waals surface area contributed by atoms with E-state index in [9.17, 15) is 22.8 Å². The zero-order chi connectivity index (χ0) is 23.5. The van der Waals surface area contributed by atoms with E-state index in [2.05, 4.69) is 6.58 Å². The maximum atomic E-state index is 13.7. The summed E-state index contributed by atoms with van der Waals surface area (Å²) in [6.45, 7) is 7.38. The fraction of sp³-hybridized carbons (Fsp3) is 0.217. The Morgan fingerprint density at radius 2 is 1.75 bits per heavy atom. The average molecular weight is 448 g/mol. The third-order valence-electron chi connectivity index (χ3n) is 4.15. The highest BCUT2D eigenvalue weighted by Gasteiger charge is 2.40. The van der Waals surface area contributed by atoms with Gasteiger partial charge in [-0.3, -0.25) is 4.79 Å². The average Bonchev–Trinajstić information content (AvgIpc) is 2.73. The first kappa shape index (κ1) is 22.9. The number of alkyl halides is 3. The Balaban J connectivity index is 2.02. The molecule has 0 bridgehead atoms. The molecule has 3 rings (SSSR count). The standard InChI is InChI=1S/C23H19F3O6/c1-4-29-22(28)14-5-7-15(8-6-14)31-20-19(27)17-10-9-16(30-12-13(2)3)11-18(17)32-21(20)23(24,25)26/h5-11H,2,4,12H2,1,3H3. The number of esters is 1. The van der Waals surface area contributed by atoms with Crippen LogP contribution in [-0.4, -0.2) is 19.2 Å². The number of fused-ring (bicyclic) bond motifs is 1. The van der Waals surface area contributed by atoms with Gasteiger partial charge in [0.15, 0.2) is 0 Å². The number of benzene rings is 2. The van der Waals surface area contributed by atoms with Gasteiger partial charge in [0.25, 0.3) is 5.76 Å². The first-order valence-corrected chi connectivity index (χ1v) is 9.50. The third-order valence-corrected chi connectivity index (χ3v) is 4.15. The minimum atomic E-state index is -5.00. The number of rotatable bonds is 7. The monoisotopic (exact) mass is 448 g/mol. The van der Waals surface area contributed by atoms with E-state index in [0.29, 0.717) is 5.57 Å². The number of carbonyl (C=O) groups excluding carboxylic acids is 1. The van der Waals surface area contributed by atoms with E-state index in [1.165, 1.54) is 42.5 Å². The molecule has 1 aromatic heterocycles. The van der Waals surface area contributed by atoms with Gasteiger partial charge in [0.05, 0.1) is 17.6 Å². The smallest absolute Gasteiger partial charge is 0.453 e. The van der Waals surface area contributed by atoms with Gasteiger partial charge in [-0.15, -0.1) is 0 Å². The van der Waals surface area contributed by atoms with Crippen molar-refractivity contribution in [3.05, 3.63) is 76.2 Å². The summed E-state index contributed by atoms with van der Waals surface area (Å²) < 4.78 is 61.5. The molecule has 0 N–H and O–H groups in total. The van der Waals surface area contributed by atoms with Crippen LogP contribution in [-0.2, 0) is 10.9 Å². The maximum Gasteiger partial charge on any atom is 0.453 e. The summed E-state index contributed by atoms with van der Waals surface area (Å²) in [4.78, 5) is 24.5. The lowest BCUT2D eigenvalue weighted by Crippen LogP contribution is -2.15. The highest BCUT2D eigenvalue weighted by Crippen LogP contribution is 2.38. The molecule has 9 heteroatoms. The van der Waals surface area contributed by atoms with E-state index in [0.717, 1.165) is 0 Å². The van der Waals surface area contributed by atoms with Gasteiger partial charge in [0.1, 0.15) is 23.7 Å². The zero-order valence-electron chi connectivity index (χ0n) is 17.2. The summed E-state index contributed by atoms with van der Waals surface area (Å²) in [6.07, 6.45) is -5.00. The van der Waals surface area contributed by atoms with Crippen molar-refractivity contribution in [2.75, 3.05) is 13.2 Å². The Labute approximate surface area is 180 Å². The van der Waals surface area contributed by atoms with Crippen molar-refractivity contribution < 1.29 is 36.6 Å². The van der Waals surface area contributed by atoms with E-state index in [1.54, 1.807) is 13.8 Å². The molecule has 0 saturated heterocycles. The first-order valence-electron chi connectivity index (χ1n) is 9.50. The topological polar surface area (TPSA) is 75.0 Å². The van der Waals surface area contributed by atoms with Gasteiger partial charge in [0.2, 0.25) is 11.2 Å². The van der Waals surface area contributed by atoms with Crippen LogP contribution in [0.2, 0.25) is 0 Å². The molecule has 0 amide bonds. The molecule has 32 heavy (non-hydrogen) atoms. The van der Waals surface area contributed by atoms with Gasteiger partial charge in [0, 0.05) is 6.07 Å². The Morgan fingerprint density at radius 1 is 1.09 bits per heavy atom. The molecule has 0 unspecified atom stereocenters. The molecule has 0 fully saturated rings. The molecule has 2 aromatic carbocycles. The zero-order valence-corrected chi connectivity index (χ0v) is 17.2. The van der Waals surface area contributed by atoms with Gasteiger partial charge in [-0.25, -0.2) is 4.79 Å². The molecule has 168 valence electrons. The molecule has 1 heterocycles. The van der Waals surface area contributed by atoms with E-state index >= 15 is 0 Å². The van der Waals surface area contributed by atoms with Crippen molar-refractivity contribution in [3.8, 4) is 17.2 Å². The van der Waals surface area contributed by atoms with Crippen LogP contribution in [0.15, 0.2) is 63.8 Å². The maximum absolute atomic E-state index is 13.7. The quantitative estimate of drug-likeness (QED) is 0.339. The molecular formula is C23H19F3O6. The van der Waals surface area contributed by atoms with Crippen molar-refractivity contribution in [2.24, 2.45) is 0 Å². The second kappa shape index (κ2) is 9.17. The Morgan fingerprint density at radius 3 is 2.34 bits per heavy atom. The summed E-state index contributed by atoms with van der Waals surface area (Å²) in [5.41, 5.74) is -0.408. The molecule has 6 nitrogen and oxygen atoms in total. The summed E-state index contributed by atoms with van der Waals surface area (Å²) >= 11 is 0. The SMILES string of the molecule is C=C(C)COc1ccc2c(=O)c(Oc3ccc(C(=O)OCC)cc3)c(C(F)(F)F)oc2c1. The molecule has 0 aliphatic carbocycles. The molecule has 0 saturated carbocycles. The summed E-state index contributed by atoms with van der Waals surface area (Å²) in [5.74, 6) is -3.05. The normalized spacial score (nSPS) is 11.3. The van der Waals surface area contributed by atoms with Crippen LogP contribution >= 0.6 is 0 Å². The predicted octanol–water partition coefficient (Wildman–Crippen LogP) is 5.74. The molecule has 0 atom stereocenters. The fourth-order valence-electron chi connectivity index (χ4n) is 2.72. The van der Waals surface area contributed by atoms with Gasteiger partial charge in [-0.2, -0.15) is 13.2 Å². The molecule has 0 spiro atoms. The molecular weight excluding hydrogens is 429 g/mol. The minimum absolute atomic E-state index is 0.0865.